The Morgan fingerprint density at radius 2 is 1.91 bits per heavy atom. The third kappa shape index (κ3) is 3.19. The van der Waals surface area contributed by atoms with Crippen molar-refractivity contribution >= 4 is 23.1 Å². The minimum absolute atomic E-state index is 0.219. The van der Waals surface area contributed by atoms with Crippen molar-refractivity contribution in [1.82, 2.24) is 19.7 Å². The fourth-order valence-corrected chi connectivity index (χ4v) is 2.83. The third-order valence-corrected chi connectivity index (χ3v) is 4.18. The van der Waals surface area contributed by atoms with Gasteiger partial charge in [-0.2, -0.15) is 4.37 Å². The van der Waals surface area contributed by atoms with E-state index < -0.39 is 0 Å². The van der Waals surface area contributed by atoms with Crippen molar-refractivity contribution in [1.29, 1.82) is 0 Å². The van der Waals surface area contributed by atoms with Gasteiger partial charge in [0.2, 0.25) is 0 Å². The normalized spacial score (nSPS) is 11.9. The van der Waals surface area contributed by atoms with Crippen molar-refractivity contribution in [2.75, 3.05) is 5.73 Å². The number of hydrogen-bond donors (Lipinski definition) is 2. The van der Waals surface area contributed by atoms with Gasteiger partial charge >= 0.3 is 0 Å². The molecular weight excluding hydrogens is 310 g/mol. The molecule has 116 valence electrons. The van der Waals surface area contributed by atoms with E-state index in [0.29, 0.717) is 22.0 Å². The van der Waals surface area contributed by atoms with E-state index in [9.17, 15) is 4.79 Å². The smallest absolute Gasteiger partial charge is 0.265 e. The van der Waals surface area contributed by atoms with Crippen LogP contribution in [0.5, 0.6) is 0 Å². The summed E-state index contributed by atoms with van der Waals surface area (Å²) in [5, 5.41) is 2.89. The Morgan fingerprint density at radius 1 is 1.17 bits per heavy atom. The van der Waals surface area contributed by atoms with Gasteiger partial charge in [0.15, 0.2) is 0 Å². The van der Waals surface area contributed by atoms with Crippen LogP contribution in [0.4, 0.5) is 5.69 Å². The second-order valence-electron chi connectivity index (χ2n) is 4.94. The van der Waals surface area contributed by atoms with Gasteiger partial charge in [0, 0.05) is 12.4 Å². The van der Waals surface area contributed by atoms with Gasteiger partial charge in [0.25, 0.3) is 5.91 Å². The molecule has 6 nitrogen and oxygen atoms in total. The van der Waals surface area contributed by atoms with E-state index in [0.717, 1.165) is 17.2 Å². The first kappa shape index (κ1) is 15.1. The summed E-state index contributed by atoms with van der Waals surface area (Å²) in [6.45, 7) is 1.87. The lowest BCUT2D eigenvalue weighted by atomic mass is 10.2. The largest absolute Gasteiger partial charge is 0.396 e. The molecule has 3 N–H and O–H groups in total. The molecule has 0 saturated heterocycles. The summed E-state index contributed by atoms with van der Waals surface area (Å²) in [5.74, 6) is -0.264. The number of nitrogens with zero attached hydrogens (tertiary/aromatic N) is 3. The molecule has 0 radical (unpaired) electrons. The van der Waals surface area contributed by atoms with E-state index in [4.69, 9.17) is 5.73 Å². The van der Waals surface area contributed by atoms with Crippen molar-refractivity contribution in [3.05, 3.63) is 59.4 Å². The van der Waals surface area contributed by atoms with E-state index in [1.54, 1.807) is 12.4 Å². The van der Waals surface area contributed by atoms with Crippen LogP contribution in [0.1, 0.15) is 28.3 Å². The monoisotopic (exact) mass is 325 g/mol. The highest BCUT2D eigenvalue weighted by atomic mass is 32.1. The van der Waals surface area contributed by atoms with Crippen LogP contribution in [0.3, 0.4) is 0 Å². The Kier molecular flexibility index (Phi) is 4.29. The molecule has 3 aromatic heterocycles. The molecule has 3 aromatic rings. The van der Waals surface area contributed by atoms with E-state index >= 15 is 0 Å². The molecule has 1 amide bonds. The van der Waals surface area contributed by atoms with E-state index in [1.165, 1.54) is 0 Å². The average Bonchev–Trinajstić information content (AvgIpc) is 2.98. The molecule has 23 heavy (non-hydrogen) atoms. The fourth-order valence-electron chi connectivity index (χ4n) is 2.12. The van der Waals surface area contributed by atoms with Gasteiger partial charge in [-0.3, -0.25) is 14.8 Å². The molecule has 0 aliphatic rings. The van der Waals surface area contributed by atoms with Crippen molar-refractivity contribution in [3.63, 3.8) is 0 Å². The number of aromatic nitrogens is 3. The molecule has 0 unspecified atom stereocenters. The second-order valence-corrected chi connectivity index (χ2v) is 5.71. The summed E-state index contributed by atoms with van der Waals surface area (Å²) >= 11 is 1.07. The van der Waals surface area contributed by atoms with Gasteiger partial charge in [-0.1, -0.05) is 12.1 Å². The molecule has 0 fully saturated rings. The Hall–Kier alpha value is -2.80. The van der Waals surface area contributed by atoms with Crippen molar-refractivity contribution in [3.8, 4) is 11.4 Å². The fraction of sp³-hybridized carbons (Fsp3) is 0.125. The lowest BCUT2D eigenvalue weighted by molar-refractivity contribution is 0.0944. The highest BCUT2D eigenvalue weighted by molar-refractivity contribution is 7.09. The number of hydrogen-bond acceptors (Lipinski definition) is 6. The zero-order valence-corrected chi connectivity index (χ0v) is 13.2. The highest BCUT2D eigenvalue weighted by Gasteiger charge is 2.21. The SMILES string of the molecule is C[C@H](NC(=O)c1snc(-c2ccccn2)c1N)c1ccccn1. The second kappa shape index (κ2) is 6.53. The van der Waals surface area contributed by atoms with E-state index in [1.807, 2.05) is 43.3 Å². The molecule has 0 aliphatic heterocycles. The first-order valence-corrected chi connectivity index (χ1v) is 7.82. The zero-order valence-electron chi connectivity index (χ0n) is 12.4. The summed E-state index contributed by atoms with van der Waals surface area (Å²) < 4.78 is 4.26. The zero-order chi connectivity index (χ0) is 16.2. The van der Waals surface area contributed by atoms with Crippen molar-refractivity contribution in [2.45, 2.75) is 13.0 Å². The number of pyridine rings is 2. The Morgan fingerprint density at radius 3 is 2.57 bits per heavy atom. The van der Waals surface area contributed by atoms with Crippen molar-refractivity contribution in [2.24, 2.45) is 0 Å². The molecule has 1 atom stereocenters. The minimum Gasteiger partial charge on any atom is -0.396 e. The number of nitrogens with two attached hydrogens (primary N) is 1. The molecule has 0 bridgehead atoms. The molecule has 3 heterocycles. The number of amides is 1. The maximum Gasteiger partial charge on any atom is 0.265 e. The number of anilines is 1. The molecule has 0 saturated carbocycles. The lowest BCUT2D eigenvalue weighted by Crippen LogP contribution is -2.27. The van der Waals surface area contributed by atoms with Crippen LogP contribution in [0.15, 0.2) is 48.8 Å². The number of carbonyl (C=O) groups is 1. The first-order valence-electron chi connectivity index (χ1n) is 7.05. The molecule has 3 rings (SSSR count). The van der Waals surface area contributed by atoms with E-state index in [-0.39, 0.29) is 11.9 Å². The van der Waals surface area contributed by atoms with Gasteiger partial charge in [-0.25, -0.2) is 0 Å². The minimum atomic E-state index is -0.264. The predicted octanol–water partition coefficient (Wildman–Crippen LogP) is 2.67. The van der Waals surface area contributed by atoms with Crippen LogP contribution in [0, 0.1) is 0 Å². The van der Waals surface area contributed by atoms with Crippen LogP contribution in [0.25, 0.3) is 11.4 Å². The summed E-state index contributed by atoms with van der Waals surface area (Å²) in [6, 6.07) is 10.8. The summed E-state index contributed by atoms with van der Waals surface area (Å²) in [4.78, 5) is 21.3. The Bertz CT molecular complexity index is 804. The van der Waals surface area contributed by atoms with Crippen LogP contribution < -0.4 is 11.1 Å². The maximum absolute atomic E-state index is 12.4. The van der Waals surface area contributed by atoms with Crippen LogP contribution in [-0.2, 0) is 0 Å². The maximum atomic E-state index is 12.4. The number of nitrogen functional groups attached to an aromatic ring is 1. The van der Waals surface area contributed by atoms with Crippen LogP contribution in [-0.4, -0.2) is 20.2 Å². The van der Waals surface area contributed by atoms with Crippen LogP contribution >= 0.6 is 11.5 Å². The van der Waals surface area contributed by atoms with E-state index in [2.05, 4.69) is 19.7 Å². The third-order valence-electron chi connectivity index (χ3n) is 3.32. The average molecular weight is 325 g/mol. The lowest BCUT2D eigenvalue weighted by Gasteiger charge is -2.12. The quantitative estimate of drug-likeness (QED) is 0.769. The molecule has 0 aliphatic carbocycles. The Balaban J connectivity index is 1.80. The van der Waals surface area contributed by atoms with Crippen LogP contribution in [0.2, 0.25) is 0 Å². The summed E-state index contributed by atoms with van der Waals surface area (Å²) in [6.07, 6.45) is 3.36. The Labute approximate surface area is 137 Å². The van der Waals surface area contributed by atoms with Gasteiger partial charge in [0.1, 0.15) is 10.6 Å². The molecule has 0 aromatic carbocycles. The number of rotatable bonds is 4. The van der Waals surface area contributed by atoms with Gasteiger partial charge in [-0.05, 0) is 42.7 Å². The first-order chi connectivity index (χ1) is 11.2. The van der Waals surface area contributed by atoms with Crippen molar-refractivity contribution < 1.29 is 4.79 Å². The topological polar surface area (TPSA) is 93.8 Å². The summed E-state index contributed by atoms with van der Waals surface area (Å²) in [5.41, 5.74) is 8.40. The standard InChI is InChI=1S/C16H15N5OS/c1-10(11-6-2-4-8-18-11)20-16(22)15-13(17)14(21-23-15)12-7-3-5-9-19-12/h2-10H,17H2,1H3,(H,20,22)/t10-/m0/s1. The number of carbonyl (C=O) groups excluding carboxylic acids is 1. The highest BCUT2D eigenvalue weighted by Crippen LogP contribution is 2.29. The number of nitrogens with one attached hydrogen (secondary N) is 1. The van der Waals surface area contributed by atoms with Gasteiger partial charge < -0.3 is 11.1 Å². The molecule has 7 heteroatoms. The van der Waals surface area contributed by atoms with Gasteiger partial charge in [0.05, 0.1) is 23.1 Å². The molecule has 0 spiro atoms. The van der Waals surface area contributed by atoms with Gasteiger partial charge in [-0.15, -0.1) is 0 Å². The molecular formula is C16H15N5OS. The summed E-state index contributed by atoms with van der Waals surface area (Å²) in [7, 11) is 0. The predicted molar refractivity (Wildman–Crippen MR) is 89.9 cm³/mol.